The molecule has 1 aromatic heterocycles. The number of carbonyl (C=O) groups is 1. The Bertz CT molecular complexity index is 792. The quantitative estimate of drug-likeness (QED) is 0.420. The molecule has 142 valence electrons. The van der Waals surface area contributed by atoms with Gasteiger partial charge in [0.2, 0.25) is 0 Å². The largest absolute Gasteiger partial charge is 0.378 e. The fourth-order valence-electron chi connectivity index (χ4n) is 2.61. The van der Waals surface area contributed by atoms with Gasteiger partial charge in [-0.15, -0.1) is 0 Å². The molecule has 0 atom stereocenters. The smallest absolute Gasteiger partial charge is 0.269 e. The second-order valence-electron chi connectivity index (χ2n) is 5.85. The third-order valence-corrected chi connectivity index (χ3v) is 4.04. The first-order valence-corrected chi connectivity index (χ1v) is 8.55. The predicted octanol–water partition coefficient (Wildman–Crippen LogP) is 1.06. The average Bonchev–Trinajstić information content (AvgIpc) is 2.72. The Morgan fingerprint density at radius 3 is 2.63 bits per heavy atom. The van der Waals surface area contributed by atoms with Crippen LogP contribution in [0.3, 0.4) is 0 Å². The molecular formula is C17H20N6O4. The molecule has 0 saturated carbocycles. The average molecular weight is 372 g/mol. The van der Waals surface area contributed by atoms with E-state index in [2.05, 4.69) is 25.5 Å². The van der Waals surface area contributed by atoms with E-state index < -0.39 is 4.92 Å². The first kappa shape index (κ1) is 18.5. The molecule has 0 aliphatic carbocycles. The summed E-state index contributed by atoms with van der Waals surface area (Å²) in [5.41, 5.74) is 0.324. The molecule has 2 N–H and O–H groups in total. The van der Waals surface area contributed by atoms with Crippen molar-refractivity contribution in [2.24, 2.45) is 0 Å². The number of rotatable bonds is 7. The van der Waals surface area contributed by atoms with Gasteiger partial charge in [-0.3, -0.25) is 14.9 Å². The van der Waals surface area contributed by atoms with Crippen LogP contribution in [-0.4, -0.2) is 60.2 Å². The van der Waals surface area contributed by atoms with Gasteiger partial charge in [0.1, 0.15) is 18.0 Å². The number of nitrogens with zero attached hydrogens (tertiary/aromatic N) is 4. The molecule has 1 saturated heterocycles. The fourth-order valence-corrected chi connectivity index (χ4v) is 2.61. The highest BCUT2D eigenvalue weighted by Crippen LogP contribution is 2.15. The van der Waals surface area contributed by atoms with Gasteiger partial charge in [-0.05, 0) is 12.1 Å². The zero-order valence-corrected chi connectivity index (χ0v) is 14.6. The van der Waals surface area contributed by atoms with Crippen molar-refractivity contribution in [1.82, 2.24) is 15.3 Å². The lowest BCUT2D eigenvalue weighted by Crippen LogP contribution is -2.36. The summed E-state index contributed by atoms with van der Waals surface area (Å²) in [7, 11) is 0. The van der Waals surface area contributed by atoms with E-state index in [4.69, 9.17) is 4.74 Å². The zero-order chi connectivity index (χ0) is 19.1. The van der Waals surface area contributed by atoms with Crippen molar-refractivity contribution in [3.63, 3.8) is 0 Å². The van der Waals surface area contributed by atoms with E-state index in [-0.39, 0.29) is 11.6 Å². The lowest BCUT2D eigenvalue weighted by Gasteiger charge is -2.27. The van der Waals surface area contributed by atoms with Crippen LogP contribution in [-0.2, 0) is 4.74 Å². The van der Waals surface area contributed by atoms with Crippen molar-refractivity contribution in [2.75, 3.05) is 49.6 Å². The van der Waals surface area contributed by atoms with Gasteiger partial charge in [0.15, 0.2) is 0 Å². The highest BCUT2D eigenvalue weighted by Gasteiger charge is 2.13. The summed E-state index contributed by atoms with van der Waals surface area (Å²) in [6.45, 7) is 3.82. The summed E-state index contributed by atoms with van der Waals surface area (Å²) in [5, 5.41) is 16.5. The zero-order valence-electron chi connectivity index (χ0n) is 14.6. The molecule has 0 bridgehead atoms. The van der Waals surface area contributed by atoms with Crippen LogP contribution in [0.1, 0.15) is 10.4 Å². The normalized spacial score (nSPS) is 13.9. The van der Waals surface area contributed by atoms with Gasteiger partial charge in [-0.25, -0.2) is 9.97 Å². The Morgan fingerprint density at radius 1 is 1.19 bits per heavy atom. The second kappa shape index (κ2) is 8.90. The number of nitro benzene ring substituents is 1. The molecule has 1 amide bonds. The summed E-state index contributed by atoms with van der Waals surface area (Å²) in [6, 6.07) is 7.34. The fraction of sp³-hybridized carbons (Fsp3) is 0.353. The molecule has 10 heteroatoms. The molecule has 1 aliphatic rings. The van der Waals surface area contributed by atoms with Gasteiger partial charge in [0, 0.05) is 49.9 Å². The van der Waals surface area contributed by atoms with Crippen molar-refractivity contribution < 1.29 is 14.5 Å². The summed E-state index contributed by atoms with van der Waals surface area (Å²) in [6.07, 6.45) is 1.50. The van der Waals surface area contributed by atoms with Gasteiger partial charge >= 0.3 is 0 Å². The maximum atomic E-state index is 12.0. The first-order chi connectivity index (χ1) is 13.1. The second-order valence-corrected chi connectivity index (χ2v) is 5.85. The van der Waals surface area contributed by atoms with Crippen LogP contribution in [0.25, 0.3) is 0 Å². The van der Waals surface area contributed by atoms with Crippen LogP contribution in [0, 0.1) is 10.1 Å². The molecule has 10 nitrogen and oxygen atoms in total. The number of morpholine rings is 1. The Labute approximate surface area is 155 Å². The van der Waals surface area contributed by atoms with Crippen LogP contribution in [0.4, 0.5) is 17.3 Å². The minimum absolute atomic E-state index is 0.0481. The lowest BCUT2D eigenvalue weighted by atomic mass is 10.2. The van der Waals surface area contributed by atoms with Crippen LogP contribution in [0.15, 0.2) is 36.7 Å². The SMILES string of the molecule is O=C(NCCNc1cc(N2CCOCC2)ncn1)c1ccc([N+](=O)[O-])cc1. The Morgan fingerprint density at radius 2 is 1.93 bits per heavy atom. The third kappa shape index (κ3) is 5.11. The summed E-state index contributed by atoms with van der Waals surface area (Å²) >= 11 is 0. The summed E-state index contributed by atoms with van der Waals surface area (Å²) in [5.74, 6) is 1.23. The number of hydrogen-bond acceptors (Lipinski definition) is 8. The Balaban J connectivity index is 1.45. The molecule has 1 aromatic carbocycles. The van der Waals surface area contributed by atoms with Crippen molar-refractivity contribution in [2.45, 2.75) is 0 Å². The highest BCUT2D eigenvalue weighted by atomic mass is 16.6. The van der Waals surface area contributed by atoms with E-state index in [9.17, 15) is 14.9 Å². The summed E-state index contributed by atoms with van der Waals surface area (Å²) in [4.78, 5) is 32.8. The van der Waals surface area contributed by atoms with Gasteiger partial charge in [-0.1, -0.05) is 0 Å². The first-order valence-electron chi connectivity index (χ1n) is 8.55. The number of amides is 1. The third-order valence-electron chi connectivity index (χ3n) is 4.04. The number of nitro groups is 1. The summed E-state index contributed by atoms with van der Waals surface area (Å²) < 4.78 is 5.33. The number of ether oxygens (including phenoxy) is 1. The molecule has 1 aliphatic heterocycles. The number of anilines is 2. The predicted molar refractivity (Wildman–Crippen MR) is 99.0 cm³/mol. The molecule has 0 spiro atoms. The van der Waals surface area contributed by atoms with Crippen LogP contribution >= 0.6 is 0 Å². The molecule has 2 aromatic rings. The number of benzene rings is 1. The van der Waals surface area contributed by atoms with E-state index in [0.717, 1.165) is 18.9 Å². The molecule has 1 fully saturated rings. The lowest BCUT2D eigenvalue weighted by molar-refractivity contribution is -0.384. The van der Waals surface area contributed by atoms with Crippen molar-refractivity contribution in [3.8, 4) is 0 Å². The standard InChI is InChI=1S/C17H20N6O4/c24-17(13-1-3-14(4-2-13)23(25)26)19-6-5-18-15-11-16(21-12-20-15)22-7-9-27-10-8-22/h1-4,11-12H,5-10H2,(H,19,24)(H,18,20,21). The van der Waals surface area contributed by atoms with E-state index in [1.165, 1.54) is 30.6 Å². The number of aromatic nitrogens is 2. The van der Waals surface area contributed by atoms with Crippen LogP contribution < -0.4 is 15.5 Å². The maximum Gasteiger partial charge on any atom is 0.269 e. The molecule has 3 rings (SSSR count). The maximum absolute atomic E-state index is 12.0. The number of nitrogens with one attached hydrogen (secondary N) is 2. The van der Waals surface area contributed by atoms with E-state index in [1.54, 1.807) is 0 Å². The highest BCUT2D eigenvalue weighted by molar-refractivity contribution is 5.94. The van der Waals surface area contributed by atoms with Gasteiger partial charge in [-0.2, -0.15) is 0 Å². The Hall–Kier alpha value is -3.27. The van der Waals surface area contributed by atoms with Gasteiger partial charge < -0.3 is 20.3 Å². The number of hydrogen-bond donors (Lipinski definition) is 2. The molecule has 27 heavy (non-hydrogen) atoms. The molecule has 0 radical (unpaired) electrons. The minimum Gasteiger partial charge on any atom is -0.378 e. The van der Waals surface area contributed by atoms with E-state index in [0.29, 0.717) is 37.7 Å². The Kier molecular flexibility index (Phi) is 6.10. The number of non-ortho nitro benzene ring substituents is 1. The number of carbonyl (C=O) groups excluding carboxylic acids is 1. The topological polar surface area (TPSA) is 123 Å². The molecule has 2 heterocycles. The van der Waals surface area contributed by atoms with E-state index in [1.807, 2.05) is 6.07 Å². The van der Waals surface area contributed by atoms with Crippen LogP contribution in [0.5, 0.6) is 0 Å². The monoisotopic (exact) mass is 372 g/mol. The van der Waals surface area contributed by atoms with Crippen molar-refractivity contribution in [1.29, 1.82) is 0 Å². The van der Waals surface area contributed by atoms with Crippen molar-refractivity contribution >= 4 is 23.2 Å². The minimum atomic E-state index is -0.501. The van der Waals surface area contributed by atoms with Crippen LogP contribution in [0.2, 0.25) is 0 Å². The molecule has 0 unspecified atom stereocenters. The van der Waals surface area contributed by atoms with E-state index >= 15 is 0 Å². The molecular weight excluding hydrogens is 352 g/mol. The van der Waals surface area contributed by atoms with Crippen molar-refractivity contribution in [3.05, 3.63) is 52.3 Å². The van der Waals surface area contributed by atoms with Gasteiger partial charge in [0.25, 0.3) is 11.6 Å². The van der Waals surface area contributed by atoms with Gasteiger partial charge in [0.05, 0.1) is 18.1 Å².